The lowest BCUT2D eigenvalue weighted by molar-refractivity contribution is -0.136. The molecule has 192 valence electrons. The van der Waals surface area contributed by atoms with Gasteiger partial charge in [-0.2, -0.15) is 0 Å². The number of anilines is 2. The number of methoxy groups -OCH3 is 1. The molecule has 8 nitrogen and oxygen atoms in total. The van der Waals surface area contributed by atoms with Crippen LogP contribution >= 0.6 is 0 Å². The highest BCUT2D eigenvalue weighted by Gasteiger charge is 2.30. The van der Waals surface area contributed by atoms with Crippen molar-refractivity contribution in [2.75, 3.05) is 24.3 Å². The number of likely N-dealkylation sites (tertiary alicyclic amines) is 1. The zero-order chi connectivity index (χ0) is 26.4. The van der Waals surface area contributed by atoms with Gasteiger partial charge in [-0.1, -0.05) is 48.5 Å². The molecule has 3 amide bonds. The number of para-hydroxylation sites is 1. The fourth-order valence-corrected chi connectivity index (χ4v) is 4.71. The number of aryl methyl sites for hydroxylation is 1. The van der Waals surface area contributed by atoms with Crippen molar-refractivity contribution in [3.8, 4) is 5.75 Å². The summed E-state index contributed by atoms with van der Waals surface area (Å²) in [6.07, 6.45) is 1.88. The number of rotatable bonds is 8. The highest BCUT2D eigenvalue weighted by molar-refractivity contribution is 6.01. The third-order valence-corrected chi connectivity index (χ3v) is 6.53. The van der Waals surface area contributed by atoms with Crippen LogP contribution in [0, 0.1) is 6.92 Å². The molecular formula is C29H31N3O5. The van der Waals surface area contributed by atoms with Gasteiger partial charge in [0.1, 0.15) is 5.75 Å². The first-order valence-electron chi connectivity index (χ1n) is 12.2. The summed E-state index contributed by atoms with van der Waals surface area (Å²) in [6, 6.07) is 19.8. The zero-order valence-corrected chi connectivity index (χ0v) is 21.0. The second-order valence-electron chi connectivity index (χ2n) is 9.17. The van der Waals surface area contributed by atoms with Gasteiger partial charge >= 0.3 is 12.0 Å². The molecule has 3 N–H and O–H groups in total. The SMILES string of the molecule is COc1cc(CC(=O)N2CCCC2c2cccc(CC(=O)O)c2)ccc1NC(=O)Nc1ccccc1C. The minimum absolute atomic E-state index is 0.00815. The van der Waals surface area contributed by atoms with Crippen LogP contribution in [0.1, 0.15) is 41.1 Å². The number of nitrogens with zero attached hydrogens (tertiary/aromatic N) is 1. The summed E-state index contributed by atoms with van der Waals surface area (Å²) in [5, 5.41) is 14.8. The maximum Gasteiger partial charge on any atom is 0.323 e. The van der Waals surface area contributed by atoms with Crippen LogP contribution in [0.25, 0.3) is 0 Å². The van der Waals surface area contributed by atoms with Gasteiger partial charge in [0.05, 0.1) is 31.7 Å². The Kier molecular flexibility index (Phi) is 8.08. The van der Waals surface area contributed by atoms with Gasteiger partial charge in [0.15, 0.2) is 0 Å². The summed E-state index contributed by atoms with van der Waals surface area (Å²) in [5.41, 5.74) is 4.63. The molecule has 0 radical (unpaired) electrons. The Labute approximate surface area is 216 Å². The van der Waals surface area contributed by atoms with Crippen molar-refractivity contribution in [3.05, 3.63) is 89.0 Å². The van der Waals surface area contributed by atoms with Crippen LogP contribution in [0.15, 0.2) is 66.7 Å². The predicted molar refractivity (Wildman–Crippen MR) is 142 cm³/mol. The predicted octanol–water partition coefficient (Wildman–Crippen LogP) is 5.18. The summed E-state index contributed by atoms with van der Waals surface area (Å²) in [7, 11) is 1.52. The molecule has 1 aliphatic heterocycles. The second kappa shape index (κ2) is 11.6. The number of carboxylic acid groups (broad SMARTS) is 1. The zero-order valence-electron chi connectivity index (χ0n) is 21.0. The number of benzene rings is 3. The molecule has 8 heteroatoms. The van der Waals surface area contributed by atoms with Crippen LogP contribution in [-0.4, -0.2) is 41.6 Å². The minimum Gasteiger partial charge on any atom is -0.495 e. The van der Waals surface area contributed by atoms with Crippen molar-refractivity contribution >= 4 is 29.3 Å². The normalized spacial score (nSPS) is 14.8. The molecule has 1 heterocycles. The van der Waals surface area contributed by atoms with Gasteiger partial charge in [0, 0.05) is 12.2 Å². The van der Waals surface area contributed by atoms with Crippen LogP contribution in [-0.2, 0) is 22.4 Å². The molecule has 0 spiro atoms. The lowest BCUT2D eigenvalue weighted by atomic mass is 10.00. The molecule has 1 saturated heterocycles. The van der Waals surface area contributed by atoms with E-state index < -0.39 is 5.97 Å². The highest BCUT2D eigenvalue weighted by atomic mass is 16.5. The molecule has 37 heavy (non-hydrogen) atoms. The van der Waals surface area contributed by atoms with Crippen molar-refractivity contribution in [2.45, 2.75) is 38.6 Å². The van der Waals surface area contributed by atoms with Crippen molar-refractivity contribution in [3.63, 3.8) is 0 Å². The molecule has 1 aliphatic rings. The number of hydrogen-bond donors (Lipinski definition) is 3. The first-order chi connectivity index (χ1) is 17.8. The van der Waals surface area contributed by atoms with Gasteiger partial charge in [-0.15, -0.1) is 0 Å². The van der Waals surface area contributed by atoms with E-state index in [1.165, 1.54) is 7.11 Å². The summed E-state index contributed by atoms with van der Waals surface area (Å²) in [6.45, 7) is 2.57. The van der Waals surface area contributed by atoms with Crippen molar-refractivity contribution in [1.29, 1.82) is 0 Å². The van der Waals surface area contributed by atoms with Crippen LogP contribution in [0.2, 0.25) is 0 Å². The number of ether oxygens (including phenoxy) is 1. The van der Waals surface area contributed by atoms with Crippen LogP contribution in [0.4, 0.5) is 16.2 Å². The summed E-state index contributed by atoms with van der Waals surface area (Å²) >= 11 is 0. The van der Waals surface area contributed by atoms with E-state index in [-0.39, 0.29) is 30.8 Å². The average Bonchev–Trinajstić information content (AvgIpc) is 3.36. The third kappa shape index (κ3) is 6.46. The Morgan fingerprint density at radius 3 is 2.46 bits per heavy atom. The first kappa shape index (κ1) is 25.8. The summed E-state index contributed by atoms with van der Waals surface area (Å²) < 4.78 is 5.49. The van der Waals surface area contributed by atoms with Gasteiger partial charge in [-0.25, -0.2) is 4.79 Å². The highest BCUT2D eigenvalue weighted by Crippen LogP contribution is 2.33. The molecule has 1 unspecified atom stereocenters. The maximum absolute atomic E-state index is 13.3. The minimum atomic E-state index is -0.879. The van der Waals surface area contributed by atoms with Gasteiger partial charge in [0.25, 0.3) is 0 Å². The maximum atomic E-state index is 13.3. The number of carbonyl (C=O) groups is 3. The standard InChI is InChI=1S/C29H31N3O5/c1-19-7-3-4-10-23(19)30-29(36)31-24-13-12-21(16-26(24)37-2)17-27(33)32-14-6-11-25(32)22-9-5-8-20(15-22)18-28(34)35/h3-5,7-10,12-13,15-16,25H,6,11,14,17-18H2,1-2H3,(H,34,35)(H2,30,31,36). The van der Waals surface area contributed by atoms with E-state index in [1.54, 1.807) is 18.2 Å². The molecular weight excluding hydrogens is 470 g/mol. The Balaban J connectivity index is 1.43. The Hall–Kier alpha value is -4.33. The smallest absolute Gasteiger partial charge is 0.323 e. The monoisotopic (exact) mass is 501 g/mol. The fourth-order valence-electron chi connectivity index (χ4n) is 4.71. The molecule has 0 aromatic heterocycles. The Bertz CT molecular complexity index is 1310. The topological polar surface area (TPSA) is 108 Å². The number of nitrogens with one attached hydrogen (secondary N) is 2. The van der Waals surface area contributed by atoms with Crippen molar-refractivity contribution < 1.29 is 24.2 Å². The van der Waals surface area contributed by atoms with Gasteiger partial charge in [-0.3, -0.25) is 9.59 Å². The lowest BCUT2D eigenvalue weighted by Gasteiger charge is -2.26. The summed E-state index contributed by atoms with van der Waals surface area (Å²) in [5.74, 6) is -0.424. The molecule has 3 aromatic carbocycles. The van der Waals surface area contributed by atoms with Gasteiger partial charge in [-0.05, 0) is 60.2 Å². The first-order valence-corrected chi connectivity index (χ1v) is 12.2. The van der Waals surface area contributed by atoms with E-state index in [0.717, 1.165) is 40.8 Å². The van der Waals surface area contributed by atoms with Crippen LogP contribution < -0.4 is 15.4 Å². The van der Waals surface area contributed by atoms with Crippen LogP contribution in [0.5, 0.6) is 5.75 Å². The van der Waals surface area contributed by atoms with E-state index in [1.807, 2.05) is 60.4 Å². The van der Waals surface area contributed by atoms with Gasteiger partial charge < -0.3 is 25.4 Å². The number of urea groups is 1. The number of amides is 3. The molecule has 1 atom stereocenters. The molecule has 0 saturated carbocycles. The fraction of sp³-hybridized carbons (Fsp3) is 0.276. The Morgan fingerprint density at radius 2 is 1.70 bits per heavy atom. The van der Waals surface area contributed by atoms with E-state index in [2.05, 4.69) is 10.6 Å². The van der Waals surface area contributed by atoms with Gasteiger partial charge in [0.2, 0.25) is 5.91 Å². The molecule has 0 bridgehead atoms. The third-order valence-electron chi connectivity index (χ3n) is 6.53. The van der Waals surface area contributed by atoms with E-state index in [9.17, 15) is 14.4 Å². The number of carboxylic acids is 1. The Morgan fingerprint density at radius 1 is 0.946 bits per heavy atom. The lowest BCUT2D eigenvalue weighted by Crippen LogP contribution is -2.32. The largest absolute Gasteiger partial charge is 0.495 e. The van der Waals surface area contributed by atoms with E-state index >= 15 is 0 Å². The van der Waals surface area contributed by atoms with Crippen LogP contribution in [0.3, 0.4) is 0 Å². The van der Waals surface area contributed by atoms with Crippen molar-refractivity contribution in [2.24, 2.45) is 0 Å². The second-order valence-corrected chi connectivity index (χ2v) is 9.17. The molecule has 4 rings (SSSR count). The number of carbonyl (C=O) groups excluding carboxylic acids is 2. The molecule has 0 aliphatic carbocycles. The number of hydrogen-bond acceptors (Lipinski definition) is 4. The molecule has 1 fully saturated rings. The number of aliphatic carboxylic acids is 1. The van der Waals surface area contributed by atoms with E-state index in [0.29, 0.717) is 18.0 Å². The quantitative estimate of drug-likeness (QED) is 0.394. The van der Waals surface area contributed by atoms with E-state index in [4.69, 9.17) is 9.84 Å². The summed E-state index contributed by atoms with van der Waals surface area (Å²) in [4.78, 5) is 38.8. The average molecular weight is 502 g/mol. The van der Waals surface area contributed by atoms with Crippen molar-refractivity contribution in [1.82, 2.24) is 4.90 Å². The molecule has 3 aromatic rings.